The molecule has 0 amide bonds. The molecule has 0 unspecified atom stereocenters. The molecular weight excluding hydrogens is 218 g/mol. The van der Waals surface area contributed by atoms with Gasteiger partial charge in [-0.3, -0.25) is 4.79 Å². The molecule has 0 aromatic heterocycles. The van der Waals surface area contributed by atoms with E-state index >= 15 is 0 Å². The van der Waals surface area contributed by atoms with Crippen molar-refractivity contribution < 1.29 is 36.2 Å². The summed E-state index contributed by atoms with van der Waals surface area (Å²) >= 11 is 0. The molecular formula is C6H6F6O2. The lowest BCUT2D eigenvalue weighted by Gasteiger charge is -2.32. The van der Waals surface area contributed by atoms with Gasteiger partial charge in [-0.25, -0.2) is 0 Å². The number of carboxylic acid groups (broad SMARTS) is 1. The third kappa shape index (κ3) is 1.64. The Bertz CT molecular complexity index is 213. The molecule has 0 saturated heterocycles. The normalized spacial score (nSPS) is 14.2. The Labute approximate surface area is 74.5 Å². The summed E-state index contributed by atoms with van der Waals surface area (Å²) in [6, 6.07) is 0. The number of rotatable bonds is 2. The number of hydrogen-bond acceptors (Lipinski definition) is 1. The van der Waals surface area contributed by atoms with Gasteiger partial charge < -0.3 is 5.11 Å². The number of halogens is 6. The van der Waals surface area contributed by atoms with Gasteiger partial charge in [0, 0.05) is 0 Å². The summed E-state index contributed by atoms with van der Waals surface area (Å²) in [5, 5.41) is 8.06. The van der Waals surface area contributed by atoms with Gasteiger partial charge in [-0.05, 0) is 6.42 Å². The van der Waals surface area contributed by atoms with Crippen molar-refractivity contribution in [1.82, 2.24) is 0 Å². The Hall–Kier alpha value is -0.950. The van der Waals surface area contributed by atoms with Gasteiger partial charge in [-0.15, -0.1) is 0 Å². The average molecular weight is 224 g/mol. The van der Waals surface area contributed by atoms with Crippen LogP contribution in [0, 0.1) is 5.41 Å². The fourth-order valence-corrected chi connectivity index (χ4v) is 0.955. The topological polar surface area (TPSA) is 37.3 Å². The monoisotopic (exact) mass is 224 g/mol. The van der Waals surface area contributed by atoms with Gasteiger partial charge in [0.1, 0.15) is 0 Å². The minimum atomic E-state index is -5.86. The van der Waals surface area contributed by atoms with Crippen molar-refractivity contribution in [2.45, 2.75) is 25.7 Å². The second-order valence-electron chi connectivity index (χ2n) is 2.56. The van der Waals surface area contributed by atoms with E-state index in [1.54, 1.807) is 0 Å². The second-order valence-corrected chi connectivity index (χ2v) is 2.56. The average Bonchev–Trinajstić information content (AvgIpc) is 1.80. The Balaban J connectivity index is 5.58. The first-order valence-electron chi connectivity index (χ1n) is 3.37. The van der Waals surface area contributed by atoms with Crippen LogP contribution in [0.2, 0.25) is 0 Å². The van der Waals surface area contributed by atoms with E-state index in [9.17, 15) is 31.1 Å². The number of carboxylic acids is 1. The molecule has 0 aliphatic carbocycles. The Morgan fingerprint density at radius 2 is 1.36 bits per heavy atom. The summed E-state index contributed by atoms with van der Waals surface area (Å²) in [4.78, 5) is 10.1. The molecule has 0 spiro atoms. The molecule has 0 saturated carbocycles. The molecule has 14 heavy (non-hydrogen) atoms. The van der Waals surface area contributed by atoms with Gasteiger partial charge >= 0.3 is 18.3 Å². The van der Waals surface area contributed by atoms with Crippen molar-refractivity contribution in [3.63, 3.8) is 0 Å². The summed E-state index contributed by atoms with van der Waals surface area (Å²) in [5.41, 5.74) is -4.67. The van der Waals surface area contributed by atoms with Gasteiger partial charge in [0.2, 0.25) is 0 Å². The SMILES string of the molecule is CCC(C(=O)O)(C(F)(F)F)C(F)(F)F. The highest BCUT2D eigenvalue weighted by molar-refractivity contribution is 5.76. The van der Waals surface area contributed by atoms with Crippen molar-refractivity contribution in [1.29, 1.82) is 0 Å². The quantitative estimate of drug-likeness (QED) is 0.732. The van der Waals surface area contributed by atoms with Gasteiger partial charge in [0.15, 0.2) is 0 Å². The van der Waals surface area contributed by atoms with Crippen LogP contribution in [0.4, 0.5) is 26.3 Å². The summed E-state index contributed by atoms with van der Waals surface area (Å²) in [6.45, 7) is 0.523. The highest BCUT2D eigenvalue weighted by Gasteiger charge is 2.74. The minimum absolute atomic E-state index is 0.523. The molecule has 0 rings (SSSR count). The zero-order valence-electron chi connectivity index (χ0n) is 6.83. The van der Waals surface area contributed by atoms with Crippen LogP contribution in [0.25, 0.3) is 0 Å². The maximum absolute atomic E-state index is 12.0. The van der Waals surface area contributed by atoms with E-state index in [0.29, 0.717) is 6.92 Å². The van der Waals surface area contributed by atoms with Gasteiger partial charge in [0.05, 0.1) is 0 Å². The lowest BCUT2D eigenvalue weighted by atomic mass is 9.83. The maximum atomic E-state index is 12.0. The van der Waals surface area contributed by atoms with Crippen LogP contribution in [0.3, 0.4) is 0 Å². The van der Waals surface area contributed by atoms with Gasteiger partial charge in [0.25, 0.3) is 5.41 Å². The lowest BCUT2D eigenvalue weighted by molar-refractivity contribution is -0.331. The van der Waals surface area contributed by atoms with Crippen LogP contribution in [-0.2, 0) is 4.79 Å². The molecule has 0 aromatic rings. The molecule has 0 atom stereocenters. The molecule has 2 nitrogen and oxygen atoms in total. The van der Waals surface area contributed by atoms with Crippen molar-refractivity contribution in [2.75, 3.05) is 0 Å². The van der Waals surface area contributed by atoms with Crippen LogP contribution in [0.15, 0.2) is 0 Å². The lowest BCUT2D eigenvalue weighted by Crippen LogP contribution is -2.55. The fraction of sp³-hybridized carbons (Fsp3) is 0.833. The largest absolute Gasteiger partial charge is 0.480 e. The van der Waals surface area contributed by atoms with Crippen LogP contribution in [-0.4, -0.2) is 23.4 Å². The third-order valence-corrected chi connectivity index (χ3v) is 1.86. The maximum Gasteiger partial charge on any atom is 0.413 e. The molecule has 0 aromatic carbocycles. The highest BCUT2D eigenvalue weighted by atomic mass is 19.4. The molecule has 0 radical (unpaired) electrons. The van der Waals surface area contributed by atoms with E-state index in [0.717, 1.165) is 0 Å². The van der Waals surface area contributed by atoms with Crippen molar-refractivity contribution in [2.24, 2.45) is 5.41 Å². The van der Waals surface area contributed by atoms with Crippen molar-refractivity contribution in [3.05, 3.63) is 0 Å². The number of alkyl halides is 6. The smallest absolute Gasteiger partial charge is 0.413 e. The zero-order valence-corrected chi connectivity index (χ0v) is 6.83. The van der Waals surface area contributed by atoms with E-state index in [1.807, 2.05) is 0 Å². The number of hydrogen-bond donors (Lipinski definition) is 1. The molecule has 84 valence electrons. The predicted molar refractivity (Wildman–Crippen MR) is 32.5 cm³/mol. The first-order valence-corrected chi connectivity index (χ1v) is 3.37. The van der Waals surface area contributed by atoms with Crippen molar-refractivity contribution in [3.8, 4) is 0 Å². The van der Waals surface area contributed by atoms with E-state index in [2.05, 4.69) is 0 Å². The fourth-order valence-electron chi connectivity index (χ4n) is 0.955. The molecule has 1 N–H and O–H groups in total. The predicted octanol–water partition coefficient (Wildman–Crippen LogP) is 2.59. The standard InChI is InChI=1S/C6H6F6O2/c1-2-4(3(13)14,5(7,8)9)6(10,11)12/h2H2,1H3,(H,13,14). The highest BCUT2D eigenvalue weighted by Crippen LogP contribution is 2.52. The molecule has 0 fully saturated rings. The summed E-state index contributed by atoms with van der Waals surface area (Å²) < 4.78 is 72.1. The molecule has 0 aliphatic heterocycles. The molecule has 0 aliphatic rings. The Morgan fingerprint density at radius 1 is 1.07 bits per heavy atom. The van der Waals surface area contributed by atoms with E-state index in [-0.39, 0.29) is 0 Å². The van der Waals surface area contributed by atoms with E-state index < -0.39 is 30.2 Å². The number of aliphatic carboxylic acids is 1. The van der Waals surface area contributed by atoms with Crippen LogP contribution >= 0.6 is 0 Å². The molecule has 8 heteroatoms. The first kappa shape index (κ1) is 13.0. The molecule has 0 heterocycles. The van der Waals surface area contributed by atoms with Crippen LogP contribution in [0.1, 0.15) is 13.3 Å². The first-order chi connectivity index (χ1) is 6.00. The zero-order chi connectivity index (χ0) is 11.8. The summed E-state index contributed by atoms with van der Waals surface area (Å²) in [7, 11) is 0. The Kier molecular flexibility index (Phi) is 3.10. The van der Waals surface area contributed by atoms with Crippen molar-refractivity contribution >= 4 is 5.97 Å². The summed E-state index contributed by atoms with van der Waals surface area (Å²) in [6.07, 6.45) is -13.3. The van der Waals surface area contributed by atoms with E-state index in [1.165, 1.54) is 0 Å². The minimum Gasteiger partial charge on any atom is -0.480 e. The third-order valence-electron chi connectivity index (χ3n) is 1.86. The van der Waals surface area contributed by atoms with Crippen LogP contribution < -0.4 is 0 Å². The number of carbonyl (C=O) groups is 1. The van der Waals surface area contributed by atoms with Crippen LogP contribution in [0.5, 0.6) is 0 Å². The van der Waals surface area contributed by atoms with E-state index in [4.69, 9.17) is 5.11 Å². The summed E-state index contributed by atoms with van der Waals surface area (Å²) in [5.74, 6) is -2.93. The molecule has 0 bridgehead atoms. The van der Waals surface area contributed by atoms with Gasteiger partial charge in [-0.2, -0.15) is 26.3 Å². The van der Waals surface area contributed by atoms with Gasteiger partial charge in [-0.1, -0.05) is 6.92 Å². The second kappa shape index (κ2) is 3.32. The Morgan fingerprint density at radius 3 is 1.36 bits per heavy atom.